The molecule has 0 spiro atoms. The third-order valence-electron chi connectivity index (χ3n) is 17.0. The van der Waals surface area contributed by atoms with Crippen molar-refractivity contribution in [1.82, 2.24) is 0 Å². The van der Waals surface area contributed by atoms with Crippen molar-refractivity contribution in [2.24, 2.45) is 67.5 Å². The first-order valence-corrected chi connectivity index (χ1v) is 17.0. The van der Waals surface area contributed by atoms with Crippen LogP contribution in [0.25, 0.3) is 0 Å². The van der Waals surface area contributed by atoms with Gasteiger partial charge in [0.15, 0.2) is 0 Å². The highest BCUT2D eigenvalue weighted by molar-refractivity contribution is 5.76. The number of aliphatic hydroxyl groups is 1. The number of aliphatic hydroxyl groups excluding tert-OH is 1. The molecule has 5 aliphatic carbocycles. The highest BCUT2D eigenvalue weighted by Crippen LogP contribution is 2.79. The molecule has 3 heteroatoms. The minimum absolute atomic E-state index is 0.0220. The van der Waals surface area contributed by atoms with E-state index < -0.39 is 11.4 Å². The van der Waals surface area contributed by atoms with E-state index in [0.29, 0.717) is 30.3 Å². The molecule has 0 amide bonds. The molecule has 0 saturated heterocycles. The van der Waals surface area contributed by atoms with E-state index in [4.69, 9.17) is 0 Å². The maximum Gasteiger partial charge on any atom is 0.309 e. The summed E-state index contributed by atoms with van der Waals surface area (Å²) >= 11 is 0. The maximum atomic E-state index is 12.9. The second kappa shape index (κ2) is 9.33. The van der Waals surface area contributed by atoms with E-state index in [9.17, 15) is 15.0 Å². The highest BCUT2D eigenvalue weighted by atomic mass is 16.4. The van der Waals surface area contributed by atoms with E-state index in [2.05, 4.69) is 68.9 Å². The minimum Gasteiger partial charge on any atom is -0.481 e. The van der Waals surface area contributed by atoms with Crippen molar-refractivity contribution in [2.75, 3.05) is 6.61 Å². The fourth-order valence-corrected chi connectivity index (χ4v) is 14.0. The van der Waals surface area contributed by atoms with Crippen molar-refractivity contribution in [3.05, 3.63) is 12.2 Å². The molecule has 10 atom stereocenters. The Hall–Kier alpha value is -0.830. The Morgan fingerprint density at radius 1 is 0.825 bits per heavy atom. The quantitative estimate of drug-likeness (QED) is 0.321. The number of hydrogen-bond donors (Lipinski definition) is 2. The lowest BCUT2D eigenvalue weighted by Crippen LogP contribution is -2.69. The first kappa shape index (κ1) is 30.6. The lowest BCUT2D eigenvalue weighted by molar-refractivity contribution is -0.268. The summed E-state index contributed by atoms with van der Waals surface area (Å²) in [4.78, 5) is 12.9. The predicted molar refractivity (Wildman–Crippen MR) is 165 cm³/mol. The molecule has 5 fully saturated rings. The van der Waals surface area contributed by atoms with E-state index in [1.54, 1.807) is 0 Å². The van der Waals surface area contributed by atoms with Gasteiger partial charge in [0, 0.05) is 6.61 Å². The molecule has 0 heterocycles. The van der Waals surface area contributed by atoms with Gasteiger partial charge in [-0.25, -0.2) is 0 Å². The number of carboxylic acids is 1. The second-order valence-electron chi connectivity index (χ2n) is 17.3. The molecule has 2 N–H and O–H groups in total. The Kier molecular flexibility index (Phi) is 7.14. The molecule has 5 rings (SSSR count). The molecule has 0 radical (unpaired) electrons. The molecular weight excluding hydrogens is 492 g/mol. The number of fused-ring (bicyclic) bond motifs is 7. The van der Waals surface area contributed by atoms with Crippen LogP contribution in [0.5, 0.6) is 0 Å². The first-order chi connectivity index (χ1) is 18.5. The van der Waals surface area contributed by atoms with Crippen LogP contribution in [-0.2, 0) is 4.79 Å². The van der Waals surface area contributed by atoms with Gasteiger partial charge in [0.2, 0.25) is 0 Å². The number of carbonyl (C=O) groups is 1. The van der Waals surface area contributed by atoms with Crippen molar-refractivity contribution in [3.8, 4) is 0 Å². The second-order valence-corrected chi connectivity index (χ2v) is 17.3. The SMILES string of the molecule is C=C(C)[C@@H]1CC[C@]2(C(=O)O)CC[C@]3(C)C(CCC4[C@@]5(C)CC[C@@](C)(C(CC)(CC)CO)C(C)(C)C5CC[C@]43C)C12. The van der Waals surface area contributed by atoms with Crippen molar-refractivity contribution in [1.29, 1.82) is 0 Å². The van der Waals surface area contributed by atoms with E-state index >= 15 is 0 Å². The third-order valence-corrected chi connectivity index (χ3v) is 17.0. The molecule has 228 valence electrons. The zero-order valence-corrected chi connectivity index (χ0v) is 27.6. The minimum atomic E-state index is -0.541. The molecule has 5 aliphatic rings. The van der Waals surface area contributed by atoms with Crippen LogP contribution in [0, 0.1) is 67.5 Å². The third kappa shape index (κ3) is 3.37. The molecule has 0 aromatic heterocycles. The molecular formula is C37H62O3. The zero-order valence-electron chi connectivity index (χ0n) is 27.6. The van der Waals surface area contributed by atoms with Gasteiger partial charge in [-0.3, -0.25) is 4.79 Å². The average Bonchev–Trinajstić information content (AvgIpc) is 3.30. The van der Waals surface area contributed by atoms with Crippen LogP contribution in [0.2, 0.25) is 0 Å². The van der Waals surface area contributed by atoms with Gasteiger partial charge in [0.1, 0.15) is 0 Å². The summed E-state index contributed by atoms with van der Waals surface area (Å²) in [6.07, 6.45) is 13.3. The summed E-state index contributed by atoms with van der Waals surface area (Å²) < 4.78 is 0. The molecule has 5 saturated carbocycles. The highest BCUT2D eigenvalue weighted by Gasteiger charge is 2.73. The number of hydrogen-bond acceptors (Lipinski definition) is 2. The number of carboxylic acid groups (broad SMARTS) is 1. The van der Waals surface area contributed by atoms with Crippen LogP contribution in [0.4, 0.5) is 0 Å². The largest absolute Gasteiger partial charge is 0.481 e. The lowest BCUT2D eigenvalue weighted by atomic mass is 9.29. The van der Waals surface area contributed by atoms with Gasteiger partial charge in [0.05, 0.1) is 5.41 Å². The smallest absolute Gasteiger partial charge is 0.309 e. The molecule has 0 bridgehead atoms. The summed E-state index contributed by atoms with van der Waals surface area (Å²) in [5.41, 5.74) is 1.62. The Bertz CT molecular complexity index is 1030. The van der Waals surface area contributed by atoms with Crippen LogP contribution in [0.1, 0.15) is 139 Å². The zero-order chi connectivity index (χ0) is 29.7. The lowest BCUT2D eigenvalue weighted by Gasteiger charge is -2.75. The van der Waals surface area contributed by atoms with Crippen molar-refractivity contribution >= 4 is 5.97 Å². The topological polar surface area (TPSA) is 57.5 Å². The van der Waals surface area contributed by atoms with Gasteiger partial charge >= 0.3 is 5.97 Å². The maximum absolute atomic E-state index is 12.9. The van der Waals surface area contributed by atoms with E-state index in [1.165, 1.54) is 44.1 Å². The van der Waals surface area contributed by atoms with Crippen LogP contribution in [0.15, 0.2) is 12.2 Å². The molecule has 4 unspecified atom stereocenters. The van der Waals surface area contributed by atoms with Crippen LogP contribution >= 0.6 is 0 Å². The average molecular weight is 555 g/mol. The van der Waals surface area contributed by atoms with Crippen molar-refractivity contribution < 1.29 is 15.0 Å². The molecule has 40 heavy (non-hydrogen) atoms. The summed E-state index contributed by atoms with van der Waals surface area (Å²) in [5, 5.41) is 21.5. The van der Waals surface area contributed by atoms with Crippen LogP contribution < -0.4 is 0 Å². The summed E-state index contributed by atoms with van der Waals surface area (Å²) in [6.45, 7) is 27.1. The molecule has 0 aliphatic heterocycles. The molecule has 0 aromatic rings. The molecule has 0 aromatic carbocycles. The van der Waals surface area contributed by atoms with Gasteiger partial charge < -0.3 is 10.2 Å². The van der Waals surface area contributed by atoms with Crippen molar-refractivity contribution in [2.45, 2.75) is 139 Å². The van der Waals surface area contributed by atoms with E-state index in [-0.39, 0.29) is 38.4 Å². The Balaban J connectivity index is 1.54. The van der Waals surface area contributed by atoms with Crippen LogP contribution in [0.3, 0.4) is 0 Å². The fraction of sp³-hybridized carbons (Fsp3) is 0.919. The van der Waals surface area contributed by atoms with E-state index in [1.807, 2.05) is 0 Å². The number of allylic oxidation sites excluding steroid dienone is 1. The fourth-order valence-electron chi connectivity index (χ4n) is 14.0. The molecule has 3 nitrogen and oxygen atoms in total. The van der Waals surface area contributed by atoms with Gasteiger partial charge in [0.25, 0.3) is 0 Å². The Morgan fingerprint density at radius 2 is 1.48 bits per heavy atom. The van der Waals surface area contributed by atoms with Gasteiger partial charge in [-0.2, -0.15) is 0 Å². The predicted octanol–water partition coefficient (Wildman–Crippen LogP) is 9.53. The normalized spacial score (nSPS) is 49.8. The summed E-state index contributed by atoms with van der Waals surface area (Å²) in [6, 6.07) is 0. The van der Waals surface area contributed by atoms with Gasteiger partial charge in [-0.05, 0) is 146 Å². The number of rotatable bonds is 6. The van der Waals surface area contributed by atoms with E-state index in [0.717, 1.165) is 38.5 Å². The monoisotopic (exact) mass is 554 g/mol. The Morgan fingerprint density at radius 3 is 2.02 bits per heavy atom. The van der Waals surface area contributed by atoms with Crippen molar-refractivity contribution in [3.63, 3.8) is 0 Å². The van der Waals surface area contributed by atoms with Gasteiger partial charge in [-0.15, -0.1) is 0 Å². The van der Waals surface area contributed by atoms with Crippen LogP contribution in [-0.4, -0.2) is 22.8 Å². The van der Waals surface area contributed by atoms with Gasteiger partial charge in [-0.1, -0.05) is 67.5 Å². The summed E-state index contributed by atoms with van der Waals surface area (Å²) in [5.74, 6) is 1.88. The Labute approximate surface area is 246 Å². The number of aliphatic carboxylic acids is 1. The first-order valence-electron chi connectivity index (χ1n) is 17.0. The standard InChI is InChI=1S/C37H62O3/c1-11-36(12-2,23-38)35(10)21-19-32(7)27(31(35,5)6)16-17-34(9)28(32)14-13-26-29-25(24(3)4)15-18-37(29,30(39)40)22-20-33(26,34)8/h25-29,38H,3,11-23H2,1-2,4-10H3,(H,39,40)/t25-,26?,27?,28?,29?,32-,33+,34+,35+,37-/m0/s1. The summed E-state index contributed by atoms with van der Waals surface area (Å²) in [7, 11) is 0.